The summed E-state index contributed by atoms with van der Waals surface area (Å²) < 4.78 is 0. The van der Waals surface area contributed by atoms with Crippen LogP contribution in [-0.4, -0.2) is 17.1 Å². The van der Waals surface area contributed by atoms with Crippen LogP contribution in [0.5, 0.6) is 0 Å². The van der Waals surface area contributed by atoms with Crippen molar-refractivity contribution >= 4 is 12.1 Å². The molecule has 1 saturated carbocycles. The van der Waals surface area contributed by atoms with Crippen molar-refractivity contribution in [2.45, 2.75) is 12.3 Å². The van der Waals surface area contributed by atoms with E-state index in [0.717, 1.165) is 12.1 Å². The van der Waals surface area contributed by atoms with Crippen LogP contribution < -0.4 is 5.43 Å². The molecule has 0 aliphatic heterocycles. The summed E-state index contributed by atoms with van der Waals surface area (Å²) in [7, 11) is 0. The van der Waals surface area contributed by atoms with Crippen LogP contribution in [-0.2, 0) is 4.79 Å². The van der Waals surface area contributed by atoms with E-state index in [0.29, 0.717) is 5.92 Å². The molecule has 0 bridgehead atoms. The number of carbonyl (C=O) groups excluding carboxylic acids is 1. The molecule has 2 atom stereocenters. The van der Waals surface area contributed by atoms with Gasteiger partial charge in [-0.25, -0.2) is 5.43 Å². The van der Waals surface area contributed by atoms with Crippen molar-refractivity contribution in [2.75, 3.05) is 0 Å². The van der Waals surface area contributed by atoms with Gasteiger partial charge in [0.1, 0.15) is 0 Å². The van der Waals surface area contributed by atoms with Crippen LogP contribution in [0, 0.1) is 5.92 Å². The molecule has 0 spiro atoms. The van der Waals surface area contributed by atoms with Crippen molar-refractivity contribution in [3.05, 3.63) is 59.9 Å². The Hall–Kier alpha value is -2.36. The van der Waals surface area contributed by atoms with Gasteiger partial charge in [-0.1, -0.05) is 30.3 Å². The van der Waals surface area contributed by atoms with E-state index in [9.17, 15) is 4.79 Å². The lowest BCUT2D eigenvalue weighted by Crippen LogP contribution is -2.20. The van der Waals surface area contributed by atoms with Gasteiger partial charge in [0.2, 0.25) is 5.91 Å². The number of aromatic nitrogens is 1. The Balaban J connectivity index is 1.53. The zero-order valence-corrected chi connectivity index (χ0v) is 10.4. The van der Waals surface area contributed by atoms with E-state index >= 15 is 0 Å². The number of hydrogen-bond acceptors (Lipinski definition) is 2. The van der Waals surface area contributed by atoms with Crippen molar-refractivity contribution < 1.29 is 4.79 Å². The fourth-order valence-electron chi connectivity index (χ4n) is 2.23. The van der Waals surface area contributed by atoms with Crippen LogP contribution >= 0.6 is 0 Å². The molecule has 1 heterocycles. The second-order valence-electron chi connectivity index (χ2n) is 4.72. The Morgan fingerprint density at radius 3 is 2.84 bits per heavy atom. The Labute approximate surface area is 111 Å². The van der Waals surface area contributed by atoms with Gasteiger partial charge >= 0.3 is 0 Å². The van der Waals surface area contributed by atoms with Crippen molar-refractivity contribution in [2.24, 2.45) is 11.0 Å². The average molecular weight is 253 g/mol. The molecular formula is C15H15N3O. The zero-order chi connectivity index (χ0) is 13.1. The molecule has 1 fully saturated rings. The lowest BCUT2D eigenvalue weighted by molar-refractivity contribution is -0.122. The molecule has 2 N–H and O–H groups in total. The first-order valence-corrected chi connectivity index (χ1v) is 6.36. The number of aromatic amines is 1. The normalized spacial score (nSPS) is 21.5. The lowest BCUT2D eigenvalue weighted by Gasteiger charge is -1.99. The third-order valence-corrected chi connectivity index (χ3v) is 3.36. The van der Waals surface area contributed by atoms with E-state index in [1.54, 1.807) is 6.21 Å². The van der Waals surface area contributed by atoms with Gasteiger partial charge in [0.15, 0.2) is 0 Å². The summed E-state index contributed by atoms with van der Waals surface area (Å²) in [5.74, 6) is 0.404. The number of hydrogen-bond donors (Lipinski definition) is 2. The molecule has 1 aliphatic carbocycles. The molecule has 1 aromatic carbocycles. The fourth-order valence-corrected chi connectivity index (χ4v) is 2.23. The minimum absolute atomic E-state index is 0.00309. The highest BCUT2D eigenvalue weighted by Crippen LogP contribution is 2.47. The number of benzene rings is 1. The SMILES string of the molecule is O=C(N/N=C/c1ccc[nH]1)[C@H]1C[C@H]1c1ccccc1. The van der Waals surface area contributed by atoms with Gasteiger partial charge in [-0.15, -0.1) is 0 Å². The molecular weight excluding hydrogens is 238 g/mol. The Morgan fingerprint density at radius 1 is 1.26 bits per heavy atom. The van der Waals surface area contributed by atoms with Crippen LogP contribution in [0.1, 0.15) is 23.6 Å². The number of amides is 1. The molecule has 4 heteroatoms. The summed E-state index contributed by atoms with van der Waals surface area (Å²) in [6.45, 7) is 0. The smallest absolute Gasteiger partial charge is 0.243 e. The van der Waals surface area contributed by atoms with Crippen molar-refractivity contribution in [1.29, 1.82) is 0 Å². The van der Waals surface area contributed by atoms with Crippen LogP contribution in [0.4, 0.5) is 0 Å². The van der Waals surface area contributed by atoms with E-state index in [1.165, 1.54) is 5.56 Å². The molecule has 2 aromatic rings. The van der Waals surface area contributed by atoms with Crippen LogP contribution in [0.3, 0.4) is 0 Å². The van der Waals surface area contributed by atoms with E-state index in [2.05, 4.69) is 27.6 Å². The molecule has 0 unspecified atom stereocenters. The first kappa shape index (κ1) is 11.7. The van der Waals surface area contributed by atoms with Crippen molar-refractivity contribution in [3.8, 4) is 0 Å². The average Bonchev–Trinajstić information content (AvgIpc) is 3.09. The highest BCUT2D eigenvalue weighted by molar-refractivity contribution is 5.84. The molecule has 1 aliphatic rings. The predicted octanol–water partition coefficient (Wildman–Crippen LogP) is 2.27. The molecule has 1 amide bonds. The highest BCUT2D eigenvalue weighted by atomic mass is 16.2. The molecule has 0 saturated heterocycles. The monoisotopic (exact) mass is 253 g/mol. The third kappa shape index (κ3) is 2.73. The Morgan fingerprint density at radius 2 is 2.11 bits per heavy atom. The second kappa shape index (κ2) is 5.10. The summed E-state index contributed by atoms with van der Waals surface area (Å²) >= 11 is 0. The number of nitrogens with zero attached hydrogens (tertiary/aromatic N) is 1. The summed E-state index contributed by atoms with van der Waals surface area (Å²) in [6.07, 6.45) is 4.33. The van der Waals surface area contributed by atoms with E-state index in [-0.39, 0.29) is 11.8 Å². The van der Waals surface area contributed by atoms with Gasteiger partial charge < -0.3 is 4.98 Å². The minimum Gasteiger partial charge on any atom is -0.360 e. The van der Waals surface area contributed by atoms with E-state index < -0.39 is 0 Å². The summed E-state index contributed by atoms with van der Waals surface area (Å²) in [6, 6.07) is 13.9. The highest BCUT2D eigenvalue weighted by Gasteiger charge is 2.43. The largest absolute Gasteiger partial charge is 0.360 e. The zero-order valence-electron chi connectivity index (χ0n) is 10.4. The lowest BCUT2D eigenvalue weighted by atomic mass is 10.1. The molecule has 19 heavy (non-hydrogen) atoms. The van der Waals surface area contributed by atoms with E-state index in [1.807, 2.05) is 36.5 Å². The second-order valence-corrected chi connectivity index (χ2v) is 4.72. The number of nitrogens with one attached hydrogen (secondary N) is 2. The minimum atomic E-state index is -0.00309. The molecule has 96 valence electrons. The quantitative estimate of drug-likeness (QED) is 0.637. The molecule has 1 aromatic heterocycles. The first-order chi connectivity index (χ1) is 9.34. The van der Waals surface area contributed by atoms with Gasteiger partial charge in [-0.2, -0.15) is 5.10 Å². The standard InChI is InChI=1S/C15H15N3O/c19-15(18-17-10-12-7-4-8-16-12)14-9-13(14)11-5-2-1-3-6-11/h1-8,10,13-14,16H,9H2,(H,18,19)/b17-10+/t13-,14-/m0/s1. The summed E-state index contributed by atoms with van der Waals surface area (Å²) in [5, 5.41) is 3.95. The number of rotatable bonds is 4. The predicted molar refractivity (Wildman–Crippen MR) is 73.8 cm³/mol. The summed E-state index contributed by atoms with van der Waals surface area (Å²) in [5.41, 5.74) is 4.70. The van der Waals surface area contributed by atoms with Crippen LogP contribution in [0.25, 0.3) is 0 Å². The first-order valence-electron chi connectivity index (χ1n) is 6.36. The molecule has 3 rings (SSSR count). The van der Waals surface area contributed by atoms with E-state index in [4.69, 9.17) is 0 Å². The Bertz CT molecular complexity index is 575. The van der Waals surface area contributed by atoms with Crippen molar-refractivity contribution in [3.63, 3.8) is 0 Å². The number of carbonyl (C=O) groups is 1. The molecule has 4 nitrogen and oxygen atoms in total. The maximum Gasteiger partial charge on any atom is 0.243 e. The number of H-pyrrole nitrogens is 1. The molecule has 0 radical (unpaired) electrons. The Kier molecular flexibility index (Phi) is 3.14. The van der Waals surface area contributed by atoms with Crippen LogP contribution in [0.15, 0.2) is 53.8 Å². The van der Waals surface area contributed by atoms with Gasteiger partial charge in [0, 0.05) is 12.1 Å². The topological polar surface area (TPSA) is 57.2 Å². The third-order valence-electron chi connectivity index (χ3n) is 3.36. The summed E-state index contributed by atoms with van der Waals surface area (Å²) in [4.78, 5) is 14.9. The van der Waals surface area contributed by atoms with Gasteiger partial charge in [0.25, 0.3) is 0 Å². The maximum atomic E-state index is 11.9. The van der Waals surface area contributed by atoms with Crippen LogP contribution in [0.2, 0.25) is 0 Å². The van der Waals surface area contributed by atoms with Gasteiger partial charge in [0.05, 0.1) is 11.9 Å². The van der Waals surface area contributed by atoms with Gasteiger partial charge in [-0.05, 0) is 30.0 Å². The maximum absolute atomic E-state index is 11.9. The van der Waals surface area contributed by atoms with Gasteiger partial charge in [-0.3, -0.25) is 4.79 Å². The van der Waals surface area contributed by atoms with Crippen molar-refractivity contribution in [1.82, 2.24) is 10.4 Å². The number of hydrazone groups is 1. The fraction of sp³-hybridized carbons (Fsp3) is 0.200.